The molecule has 1 aliphatic carbocycles. The van der Waals surface area contributed by atoms with Gasteiger partial charge in [0, 0.05) is 29.8 Å². The molecule has 0 amide bonds. The molecule has 0 aromatic carbocycles. The van der Waals surface area contributed by atoms with Crippen molar-refractivity contribution in [3.8, 4) is 0 Å². The van der Waals surface area contributed by atoms with Crippen LogP contribution >= 0.6 is 11.6 Å². The van der Waals surface area contributed by atoms with Crippen LogP contribution in [0.2, 0.25) is 5.15 Å². The predicted octanol–water partition coefficient (Wildman–Crippen LogP) is 2.65. The molecule has 2 N–H and O–H groups in total. The van der Waals surface area contributed by atoms with Crippen LogP contribution < -0.4 is 5.32 Å². The summed E-state index contributed by atoms with van der Waals surface area (Å²) in [7, 11) is 0. The predicted molar refractivity (Wildman–Crippen MR) is 69.7 cm³/mol. The highest BCUT2D eigenvalue weighted by Crippen LogP contribution is 2.38. The number of aromatic amines is 1. The minimum atomic E-state index is 0.498. The van der Waals surface area contributed by atoms with E-state index in [-0.39, 0.29) is 0 Å². The Morgan fingerprint density at radius 1 is 1.44 bits per heavy atom. The van der Waals surface area contributed by atoms with E-state index in [1.54, 1.807) is 6.07 Å². The molecule has 2 heterocycles. The molecule has 0 radical (unpaired) electrons. The summed E-state index contributed by atoms with van der Waals surface area (Å²) < 4.78 is 0. The Bertz CT molecular complexity index is 561. The Morgan fingerprint density at radius 3 is 2.94 bits per heavy atom. The second-order valence-electron chi connectivity index (χ2n) is 4.58. The highest BCUT2D eigenvalue weighted by Gasteiger charge is 2.27. The van der Waals surface area contributed by atoms with Crippen LogP contribution in [0.3, 0.4) is 0 Å². The highest BCUT2D eigenvalue weighted by molar-refractivity contribution is 6.29. The molecule has 0 spiro atoms. The first-order chi connectivity index (χ1) is 8.72. The first-order valence-electron chi connectivity index (χ1n) is 5.99. The highest BCUT2D eigenvalue weighted by atomic mass is 35.5. The van der Waals surface area contributed by atoms with E-state index < -0.39 is 0 Å². The molecule has 1 saturated carbocycles. The summed E-state index contributed by atoms with van der Waals surface area (Å²) in [6.45, 7) is 2.67. The SMILES string of the molecule is Cc1[nH]ncc1CNc1cc(Cl)nc(C2CC2)n1. The van der Waals surface area contributed by atoms with E-state index in [4.69, 9.17) is 11.6 Å². The van der Waals surface area contributed by atoms with Gasteiger partial charge in [0.15, 0.2) is 0 Å². The van der Waals surface area contributed by atoms with Gasteiger partial charge in [-0.3, -0.25) is 5.10 Å². The fraction of sp³-hybridized carbons (Fsp3) is 0.417. The van der Waals surface area contributed by atoms with E-state index in [2.05, 4.69) is 25.5 Å². The zero-order valence-electron chi connectivity index (χ0n) is 10.1. The summed E-state index contributed by atoms with van der Waals surface area (Å²) in [6, 6.07) is 1.75. The number of aryl methyl sites for hydroxylation is 1. The Labute approximate surface area is 110 Å². The number of nitrogens with one attached hydrogen (secondary N) is 2. The minimum absolute atomic E-state index is 0.498. The lowest BCUT2D eigenvalue weighted by Crippen LogP contribution is -2.04. The summed E-state index contributed by atoms with van der Waals surface area (Å²) in [5.74, 6) is 2.13. The lowest BCUT2D eigenvalue weighted by Gasteiger charge is -2.07. The molecule has 6 heteroatoms. The first kappa shape index (κ1) is 11.5. The van der Waals surface area contributed by atoms with Crippen LogP contribution in [0.25, 0.3) is 0 Å². The number of H-pyrrole nitrogens is 1. The van der Waals surface area contributed by atoms with Crippen molar-refractivity contribution < 1.29 is 0 Å². The maximum absolute atomic E-state index is 6.00. The molecule has 5 nitrogen and oxygen atoms in total. The molecule has 94 valence electrons. The van der Waals surface area contributed by atoms with Gasteiger partial charge in [0.1, 0.15) is 16.8 Å². The largest absolute Gasteiger partial charge is 0.366 e. The van der Waals surface area contributed by atoms with E-state index in [1.165, 1.54) is 12.8 Å². The normalized spacial score (nSPS) is 14.8. The van der Waals surface area contributed by atoms with Crippen LogP contribution in [-0.4, -0.2) is 20.2 Å². The van der Waals surface area contributed by atoms with E-state index in [0.717, 1.165) is 22.9 Å². The Hall–Kier alpha value is -1.62. The van der Waals surface area contributed by atoms with Crippen LogP contribution in [0, 0.1) is 6.92 Å². The average molecular weight is 264 g/mol. The summed E-state index contributed by atoms with van der Waals surface area (Å²) >= 11 is 6.00. The average Bonchev–Trinajstić information content (AvgIpc) is 3.11. The number of nitrogens with zero attached hydrogens (tertiary/aromatic N) is 3. The van der Waals surface area contributed by atoms with Crippen LogP contribution in [0.15, 0.2) is 12.3 Å². The van der Waals surface area contributed by atoms with Gasteiger partial charge in [-0.05, 0) is 19.8 Å². The maximum atomic E-state index is 6.00. The zero-order valence-corrected chi connectivity index (χ0v) is 10.8. The van der Waals surface area contributed by atoms with Crippen LogP contribution in [-0.2, 0) is 6.54 Å². The molecule has 2 aromatic heterocycles. The van der Waals surface area contributed by atoms with Gasteiger partial charge in [-0.1, -0.05) is 11.6 Å². The van der Waals surface area contributed by atoms with E-state index in [9.17, 15) is 0 Å². The third-order valence-corrected chi connectivity index (χ3v) is 3.24. The molecule has 0 bridgehead atoms. The van der Waals surface area contributed by atoms with Gasteiger partial charge >= 0.3 is 0 Å². The number of rotatable bonds is 4. The molecule has 3 rings (SSSR count). The summed E-state index contributed by atoms with van der Waals surface area (Å²) in [6.07, 6.45) is 4.15. The Kier molecular flexibility index (Phi) is 2.91. The van der Waals surface area contributed by atoms with Crippen LogP contribution in [0.5, 0.6) is 0 Å². The fourth-order valence-corrected chi connectivity index (χ4v) is 1.98. The molecule has 1 aliphatic rings. The quantitative estimate of drug-likeness (QED) is 0.833. The number of halogens is 1. The second-order valence-corrected chi connectivity index (χ2v) is 4.97. The monoisotopic (exact) mass is 263 g/mol. The van der Waals surface area contributed by atoms with Crippen molar-refractivity contribution in [2.24, 2.45) is 0 Å². The van der Waals surface area contributed by atoms with Gasteiger partial charge in [0.05, 0.1) is 6.20 Å². The van der Waals surface area contributed by atoms with E-state index >= 15 is 0 Å². The molecule has 2 aromatic rings. The third-order valence-electron chi connectivity index (χ3n) is 3.05. The van der Waals surface area contributed by atoms with Gasteiger partial charge in [-0.25, -0.2) is 9.97 Å². The number of aromatic nitrogens is 4. The van der Waals surface area contributed by atoms with Crippen molar-refractivity contribution in [2.45, 2.75) is 32.2 Å². The number of hydrogen-bond donors (Lipinski definition) is 2. The zero-order chi connectivity index (χ0) is 12.5. The summed E-state index contributed by atoms with van der Waals surface area (Å²) in [5, 5.41) is 10.6. The molecule has 0 atom stereocenters. The van der Waals surface area contributed by atoms with Crippen molar-refractivity contribution in [3.05, 3.63) is 34.5 Å². The lowest BCUT2D eigenvalue weighted by molar-refractivity contribution is 0.920. The van der Waals surface area contributed by atoms with Crippen molar-refractivity contribution in [3.63, 3.8) is 0 Å². The molecule has 0 aliphatic heterocycles. The van der Waals surface area contributed by atoms with Gasteiger partial charge in [0.2, 0.25) is 0 Å². The van der Waals surface area contributed by atoms with Crippen molar-refractivity contribution >= 4 is 17.4 Å². The topological polar surface area (TPSA) is 66.5 Å². The molecular formula is C12H14ClN5. The third kappa shape index (κ3) is 2.46. The van der Waals surface area contributed by atoms with Crippen LogP contribution in [0.1, 0.15) is 35.8 Å². The van der Waals surface area contributed by atoms with Crippen molar-refractivity contribution in [1.29, 1.82) is 0 Å². The summed E-state index contributed by atoms with van der Waals surface area (Å²) in [5.41, 5.74) is 2.18. The molecular weight excluding hydrogens is 250 g/mol. The van der Waals surface area contributed by atoms with Gasteiger partial charge in [-0.15, -0.1) is 0 Å². The molecule has 0 saturated heterocycles. The molecule has 18 heavy (non-hydrogen) atoms. The maximum Gasteiger partial charge on any atom is 0.135 e. The van der Waals surface area contributed by atoms with Crippen molar-refractivity contribution in [1.82, 2.24) is 20.2 Å². The first-order valence-corrected chi connectivity index (χ1v) is 6.37. The standard InChI is InChI=1S/C12H14ClN5/c1-7-9(6-15-18-7)5-14-11-4-10(13)16-12(17-11)8-2-3-8/h4,6,8H,2-3,5H2,1H3,(H,15,18)(H,14,16,17). The fourth-order valence-electron chi connectivity index (χ4n) is 1.79. The Balaban J connectivity index is 1.74. The van der Waals surface area contributed by atoms with Crippen molar-refractivity contribution in [2.75, 3.05) is 5.32 Å². The van der Waals surface area contributed by atoms with Gasteiger partial charge < -0.3 is 5.32 Å². The summed E-state index contributed by atoms with van der Waals surface area (Å²) in [4.78, 5) is 8.74. The minimum Gasteiger partial charge on any atom is -0.366 e. The second kappa shape index (κ2) is 4.57. The lowest BCUT2D eigenvalue weighted by atomic mass is 10.2. The van der Waals surface area contributed by atoms with Crippen LogP contribution in [0.4, 0.5) is 5.82 Å². The Morgan fingerprint density at radius 2 is 2.28 bits per heavy atom. The molecule has 1 fully saturated rings. The number of hydrogen-bond acceptors (Lipinski definition) is 4. The number of anilines is 1. The smallest absolute Gasteiger partial charge is 0.135 e. The van der Waals surface area contributed by atoms with Gasteiger partial charge in [-0.2, -0.15) is 5.10 Å². The van der Waals surface area contributed by atoms with Gasteiger partial charge in [0.25, 0.3) is 0 Å². The molecule has 0 unspecified atom stereocenters. The van der Waals surface area contributed by atoms with E-state index in [0.29, 0.717) is 17.6 Å². The van der Waals surface area contributed by atoms with E-state index in [1.807, 2.05) is 13.1 Å².